The third-order valence-electron chi connectivity index (χ3n) is 6.04. The fraction of sp³-hybridized carbons (Fsp3) is 0.478. The summed E-state index contributed by atoms with van der Waals surface area (Å²) in [5, 5.41) is 0. The van der Waals surface area contributed by atoms with Crippen molar-refractivity contribution in [2.24, 2.45) is 0 Å². The van der Waals surface area contributed by atoms with Gasteiger partial charge in [0.1, 0.15) is 0 Å². The summed E-state index contributed by atoms with van der Waals surface area (Å²) in [6.45, 7) is 7.07. The van der Waals surface area contributed by atoms with Crippen molar-refractivity contribution >= 4 is 19.7 Å². The van der Waals surface area contributed by atoms with E-state index < -0.39 is 52.5 Å². The van der Waals surface area contributed by atoms with Crippen LogP contribution in [0.5, 0.6) is 0 Å². The van der Waals surface area contributed by atoms with E-state index in [1.165, 1.54) is 54.7 Å². The molecule has 202 valence electrons. The Balaban J connectivity index is 0.000000434. The highest BCUT2D eigenvalue weighted by atomic mass is 32.2. The average molecular weight is 561 g/mol. The molecule has 0 atom stereocenters. The molecule has 0 bridgehead atoms. The number of alkyl halides is 6. The molecule has 0 aliphatic heterocycles. The second-order valence-electron chi connectivity index (χ2n) is 8.98. The van der Waals surface area contributed by atoms with Crippen LogP contribution in [-0.2, 0) is 26.1 Å². The average Bonchev–Trinajstić information content (AvgIpc) is 3.14. The first kappa shape index (κ1) is 30.1. The molecule has 0 unspecified atom stereocenters. The van der Waals surface area contributed by atoms with Crippen molar-refractivity contribution in [3.05, 3.63) is 47.5 Å². The van der Waals surface area contributed by atoms with Gasteiger partial charge in [-0.05, 0) is 41.7 Å². The number of nitrogens with zero attached hydrogens (tertiary/aromatic N) is 1. The van der Waals surface area contributed by atoms with E-state index >= 15 is 0 Å². The Labute approximate surface area is 207 Å². The molecule has 0 radical (unpaired) electrons. The van der Waals surface area contributed by atoms with Gasteiger partial charge in [-0.15, -0.1) is 0 Å². The largest absolute Gasteiger partial charge is 0.501 e. The van der Waals surface area contributed by atoms with Crippen LogP contribution in [0.4, 0.5) is 26.3 Å². The van der Waals surface area contributed by atoms with E-state index in [1.54, 1.807) is 0 Å². The van der Waals surface area contributed by atoms with Crippen molar-refractivity contribution in [1.82, 2.24) is 0 Å². The maximum atomic E-state index is 13.1. The van der Waals surface area contributed by atoms with Crippen LogP contribution in [0, 0.1) is 0 Å². The van der Waals surface area contributed by atoms with Gasteiger partial charge in [0.15, 0.2) is 0 Å². The molecule has 13 heteroatoms. The number of hydrogen-bond acceptors (Lipinski definition) is 4. The Morgan fingerprint density at radius 2 is 1.36 bits per heavy atom. The fourth-order valence-electron chi connectivity index (χ4n) is 3.65. The van der Waals surface area contributed by atoms with E-state index in [0.29, 0.717) is 11.1 Å². The molecule has 5 nitrogen and oxygen atoms in total. The molecular weight excluding hydrogens is 532 g/mol. The van der Waals surface area contributed by atoms with Gasteiger partial charge in [-0.2, -0.15) is 26.3 Å². The first-order valence-electron chi connectivity index (χ1n) is 11.0. The van der Waals surface area contributed by atoms with Crippen molar-refractivity contribution in [1.29, 1.82) is 0 Å². The van der Waals surface area contributed by atoms with Crippen LogP contribution >= 0.6 is 0 Å². The lowest BCUT2D eigenvalue weighted by molar-refractivity contribution is -0.888. The highest BCUT2D eigenvalue weighted by molar-refractivity contribution is 7.95. The summed E-state index contributed by atoms with van der Waals surface area (Å²) in [6.07, 6.45) is 2.24. The maximum absolute atomic E-state index is 13.1. The number of benzene rings is 2. The van der Waals surface area contributed by atoms with E-state index in [9.17, 15) is 43.2 Å². The van der Waals surface area contributed by atoms with Gasteiger partial charge in [0.25, 0.3) is 19.7 Å². The van der Waals surface area contributed by atoms with Crippen molar-refractivity contribution in [3.8, 4) is 11.1 Å². The molecule has 0 fully saturated rings. The number of sulfone groups is 2. The van der Waals surface area contributed by atoms with Crippen molar-refractivity contribution in [3.63, 3.8) is 0 Å². The van der Waals surface area contributed by atoms with Crippen LogP contribution in [0.3, 0.4) is 0 Å². The van der Waals surface area contributed by atoms with E-state index in [2.05, 4.69) is 27.9 Å². The van der Waals surface area contributed by atoms with Gasteiger partial charge in [0, 0.05) is 6.42 Å². The number of rotatable bonds is 6. The lowest BCUT2D eigenvalue weighted by Gasteiger charge is -2.27. The van der Waals surface area contributed by atoms with E-state index in [1.807, 2.05) is 0 Å². The predicted molar refractivity (Wildman–Crippen MR) is 124 cm³/mol. The normalized spacial score (nSPS) is 14.1. The summed E-state index contributed by atoms with van der Waals surface area (Å²) in [6, 6.07) is 7.06. The third kappa shape index (κ3) is 5.88. The zero-order chi connectivity index (χ0) is 27.7. The monoisotopic (exact) mass is 560 g/mol. The summed E-state index contributed by atoms with van der Waals surface area (Å²) in [7, 11) is -8.14. The predicted octanol–water partition coefficient (Wildman–Crippen LogP) is 5.73. The quantitative estimate of drug-likeness (QED) is 0.285. The molecular formula is C23H28F6NO4S2+. The molecule has 0 spiro atoms. The molecule has 1 aliphatic carbocycles. The first-order chi connectivity index (χ1) is 16.3. The fourth-order valence-corrected chi connectivity index (χ4v) is 6.25. The van der Waals surface area contributed by atoms with Crippen LogP contribution in [0.15, 0.2) is 46.2 Å². The lowest BCUT2D eigenvalue weighted by Crippen LogP contribution is -2.39. The maximum Gasteiger partial charge on any atom is 0.501 e. The second-order valence-corrected chi connectivity index (χ2v) is 12.8. The van der Waals surface area contributed by atoms with Gasteiger partial charge in [-0.1, -0.05) is 43.7 Å². The van der Waals surface area contributed by atoms with E-state index in [0.717, 1.165) is 6.07 Å². The molecule has 0 heterocycles. The number of fused-ring (bicyclic) bond motifs is 3. The highest BCUT2D eigenvalue weighted by Crippen LogP contribution is 2.47. The lowest BCUT2D eigenvalue weighted by atomic mass is 10.1. The zero-order valence-electron chi connectivity index (χ0n) is 20.2. The summed E-state index contributed by atoms with van der Waals surface area (Å²) in [5.41, 5.74) is -11.9. The Hall–Kier alpha value is -2.12. The smallest absolute Gasteiger partial charge is 0.329 e. The summed E-state index contributed by atoms with van der Waals surface area (Å²) in [4.78, 5) is -3.81. The Kier molecular flexibility index (Phi) is 8.64. The van der Waals surface area contributed by atoms with Crippen molar-refractivity contribution in [2.45, 2.75) is 53.9 Å². The van der Waals surface area contributed by atoms with E-state index in [-0.39, 0.29) is 11.6 Å². The molecule has 0 saturated heterocycles. The number of unbranched alkanes of at least 4 members (excludes halogenated alkanes) is 1. The minimum absolute atomic E-state index is 0.0606. The van der Waals surface area contributed by atoms with Crippen LogP contribution in [0.25, 0.3) is 11.1 Å². The van der Waals surface area contributed by atoms with E-state index in [4.69, 9.17) is 0 Å². The van der Waals surface area contributed by atoms with Crippen LogP contribution in [-0.4, -0.2) is 59.5 Å². The van der Waals surface area contributed by atoms with Gasteiger partial charge < -0.3 is 4.48 Å². The third-order valence-corrected chi connectivity index (χ3v) is 9.31. The SMILES string of the molecule is CCCC[N+](C)(C)CC.O=S(=O)(c1ccc2c(c1S(=O)(=O)C(F)(F)F)Cc1ccccc1-2)C(F)(F)F. The molecule has 0 saturated carbocycles. The number of hydrogen-bond donors (Lipinski definition) is 0. The Morgan fingerprint density at radius 1 is 0.806 bits per heavy atom. The minimum atomic E-state index is -6.37. The standard InChI is InChI=1S/C15H8F6O4S2.C8H20N/c16-14(17,18)26(22,23)12-6-5-10-9-4-2-1-3-8(9)7-11(10)13(12)27(24,25)15(19,20)21;1-5-7-8-9(3,4)6-2/h1-6H,7H2;5-8H2,1-4H3/q;+1. The van der Waals surface area contributed by atoms with Crippen molar-refractivity contribution in [2.75, 3.05) is 27.2 Å². The number of quaternary nitrogens is 1. The van der Waals surface area contributed by atoms with Gasteiger partial charge in [0.05, 0.1) is 37.0 Å². The van der Waals surface area contributed by atoms with Crippen LogP contribution < -0.4 is 0 Å². The Morgan fingerprint density at radius 3 is 1.86 bits per heavy atom. The molecule has 2 aromatic rings. The molecule has 2 aromatic carbocycles. The zero-order valence-corrected chi connectivity index (χ0v) is 21.8. The second kappa shape index (κ2) is 10.3. The van der Waals surface area contributed by atoms with Crippen LogP contribution in [0.1, 0.15) is 37.8 Å². The van der Waals surface area contributed by atoms with Gasteiger partial charge in [-0.3, -0.25) is 0 Å². The summed E-state index contributed by atoms with van der Waals surface area (Å²) in [5.74, 6) is 0. The molecule has 0 aromatic heterocycles. The topological polar surface area (TPSA) is 68.3 Å². The molecule has 1 aliphatic rings. The molecule has 3 rings (SSSR count). The summed E-state index contributed by atoms with van der Waals surface area (Å²) >= 11 is 0. The Bertz CT molecular complexity index is 1320. The van der Waals surface area contributed by atoms with Gasteiger partial charge in [-0.25, -0.2) is 16.8 Å². The van der Waals surface area contributed by atoms with Crippen LogP contribution in [0.2, 0.25) is 0 Å². The molecule has 0 amide bonds. The van der Waals surface area contributed by atoms with Gasteiger partial charge >= 0.3 is 11.0 Å². The summed E-state index contributed by atoms with van der Waals surface area (Å²) < 4.78 is 127. The highest BCUT2D eigenvalue weighted by Gasteiger charge is 2.55. The minimum Gasteiger partial charge on any atom is -0.329 e. The number of halogens is 6. The molecule has 36 heavy (non-hydrogen) atoms. The first-order valence-corrected chi connectivity index (χ1v) is 14.0. The molecule has 0 N–H and O–H groups in total. The van der Waals surface area contributed by atoms with Gasteiger partial charge in [0.2, 0.25) is 0 Å². The van der Waals surface area contributed by atoms with Crippen molar-refractivity contribution < 1.29 is 47.7 Å².